The van der Waals surface area contributed by atoms with Crippen molar-refractivity contribution in [3.63, 3.8) is 0 Å². The highest BCUT2D eigenvalue weighted by molar-refractivity contribution is 6.30. The fraction of sp³-hybridized carbons (Fsp3) is 0.409. The Morgan fingerprint density at radius 1 is 1.28 bits per heavy atom. The predicted octanol–water partition coefficient (Wildman–Crippen LogP) is 4.94. The van der Waals surface area contributed by atoms with Crippen LogP contribution >= 0.6 is 11.6 Å². The number of carbonyl (C=O) groups is 1. The van der Waals surface area contributed by atoms with Crippen molar-refractivity contribution in [1.29, 1.82) is 0 Å². The minimum Gasteiger partial charge on any atom is -0.381 e. The zero-order valence-corrected chi connectivity index (χ0v) is 17.2. The second kappa shape index (κ2) is 7.65. The maximum absolute atomic E-state index is 15.2. The molecule has 29 heavy (non-hydrogen) atoms. The number of amides is 1. The van der Waals surface area contributed by atoms with Crippen LogP contribution in [0.4, 0.5) is 13.2 Å². The van der Waals surface area contributed by atoms with E-state index in [1.165, 1.54) is 26.8 Å². The Balaban J connectivity index is 1.97. The first-order valence-electron chi connectivity index (χ1n) is 9.36. The van der Waals surface area contributed by atoms with Crippen LogP contribution in [-0.4, -0.2) is 40.0 Å². The van der Waals surface area contributed by atoms with Crippen molar-refractivity contribution in [3.05, 3.63) is 58.9 Å². The zero-order chi connectivity index (χ0) is 21.6. The molecule has 0 unspecified atom stereocenters. The molecule has 1 saturated heterocycles. The van der Waals surface area contributed by atoms with Gasteiger partial charge in [-0.2, -0.15) is 0 Å². The summed E-state index contributed by atoms with van der Waals surface area (Å²) in [7, 11) is 0. The van der Waals surface area contributed by atoms with Gasteiger partial charge in [-0.3, -0.25) is 4.79 Å². The van der Waals surface area contributed by atoms with Crippen LogP contribution in [0.15, 0.2) is 42.5 Å². The number of benzene rings is 2. The monoisotopic (exact) mass is 425 g/mol. The second-order valence-electron chi connectivity index (χ2n) is 8.10. The highest BCUT2D eigenvalue weighted by Crippen LogP contribution is 2.40. The maximum Gasteiger partial charge on any atom is 0.269 e. The van der Waals surface area contributed by atoms with Crippen LogP contribution in [0.1, 0.15) is 26.3 Å². The summed E-state index contributed by atoms with van der Waals surface area (Å²) in [4.78, 5) is 13.5. The van der Waals surface area contributed by atoms with Gasteiger partial charge in [-0.15, -0.1) is 0 Å². The molecular formula is C22H23ClF3NO2. The molecule has 0 aromatic heterocycles. The third-order valence-electron chi connectivity index (χ3n) is 5.45. The Morgan fingerprint density at radius 3 is 2.55 bits per heavy atom. The van der Waals surface area contributed by atoms with Gasteiger partial charge in [-0.05, 0) is 43.5 Å². The summed E-state index contributed by atoms with van der Waals surface area (Å²) in [5.41, 5.74) is -0.682. The predicted molar refractivity (Wildman–Crippen MR) is 106 cm³/mol. The molecule has 2 atom stereocenters. The van der Waals surface area contributed by atoms with Gasteiger partial charge in [0, 0.05) is 22.5 Å². The third kappa shape index (κ3) is 4.28. The van der Waals surface area contributed by atoms with Gasteiger partial charge < -0.3 is 10.0 Å². The number of alkyl halides is 2. The highest BCUT2D eigenvalue weighted by Gasteiger charge is 2.54. The third-order valence-corrected chi connectivity index (χ3v) is 5.69. The van der Waals surface area contributed by atoms with E-state index in [4.69, 9.17) is 11.6 Å². The van der Waals surface area contributed by atoms with Gasteiger partial charge in [0.05, 0.1) is 6.54 Å². The molecule has 2 aromatic carbocycles. The molecule has 1 aliphatic heterocycles. The van der Waals surface area contributed by atoms with Gasteiger partial charge in [0.25, 0.3) is 11.8 Å². The van der Waals surface area contributed by atoms with E-state index in [1.54, 1.807) is 36.4 Å². The molecule has 1 N–H and O–H groups in total. The number of likely N-dealkylation sites (tertiary alicyclic amines) is 1. The summed E-state index contributed by atoms with van der Waals surface area (Å²) in [6.07, 6.45) is -0.0845. The van der Waals surface area contributed by atoms with Crippen molar-refractivity contribution in [3.8, 4) is 11.1 Å². The molecule has 0 bridgehead atoms. The van der Waals surface area contributed by atoms with Crippen LogP contribution in [0.25, 0.3) is 11.1 Å². The first-order valence-corrected chi connectivity index (χ1v) is 9.74. The Hall–Kier alpha value is -2.05. The fourth-order valence-corrected chi connectivity index (χ4v) is 3.93. The van der Waals surface area contributed by atoms with Crippen molar-refractivity contribution in [1.82, 2.24) is 4.90 Å². The SMILES string of the molecule is C[C@@H]1[C@H](Cc2cccc(-c3cccc(Cl)c3)c2F)N(C(=O)C(C)(C)O)CC1(F)F. The number of hydrogen-bond donors (Lipinski definition) is 1. The van der Waals surface area contributed by atoms with Crippen molar-refractivity contribution in [2.24, 2.45) is 5.92 Å². The lowest BCUT2D eigenvalue weighted by Gasteiger charge is -2.31. The van der Waals surface area contributed by atoms with Crippen molar-refractivity contribution in [2.45, 2.75) is 44.8 Å². The molecule has 1 fully saturated rings. The van der Waals surface area contributed by atoms with E-state index in [-0.39, 0.29) is 12.0 Å². The highest BCUT2D eigenvalue weighted by atomic mass is 35.5. The van der Waals surface area contributed by atoms with E-state index in [1.807, 2.05) is 0 Å². The standard InChI is InChI=1S/C22H23ClF3NO2/c1-13-18(27(12-22(13,25)26)20(28)21(2,3)29)11-15-7-5-9-17(19(15)24)14-6-4-8-16(23)10-14/h4-10,13,18,29H,11-12H2,1-3H3/t13-,18+/m1/s1. The summed E-state index contributed by atoms with van der Waals surface area (Å²) in [6.45, 7) is 3.07. The average Bonchev–Trinajstić information content (AvgIpc) is 2.85. The van der Waals surface area contributed by atoms with Crippen LogP contribution in [-0.2, 0) is 11.2 Å². The molecular weight excluding hydrogens is 403 g/mol. The van der Waals surface area contributed by atoms with Gasteiger partial charge >= 0.3 is 0 Å². The van der Waals surface area contributed by atoms with Gasteiger partial charge in [-0.1, -0.05) is 48.9 Å². The minimum atomic E-state index is -3.12. The summed E-state index contributed by atoms with van der Waals surface area (Å²) < 4.78 is 44.0. The largest absolute Gasteiger partial charge is 0.381 e. The van der Waals surface area contributed by atoms with E-state index >= 15 is 4.39 Å². The lowest BCUT2D eigenvalue weighted by Crippen LogP contribution is -2.49. The van der Waals surface area contributed by atoms with Crippen LogP contribution in [0.3, 0.4) is 0 Å². The van der Waals surface area contributed by atoms with Crippen molar-refractivity contribution >= 4 is 17.5 Å². The fourth-order valence-electron chi connectivity index (χ4n) is 3.74. The molecule has 1 aliphatic rings. The number of halogens is 4. The topological polar surface area (TPSA) is 40.5 Å². The quantitative estimate of drug-likeness (QED) is 0.753. The van der Waals surface area contributed by atoms with Crippen LogP contribution in [0.2, 0.25) is 5.02 Å². The van der Waals surface area contributed by atoms with Crippen LogP contribution in [0, 0.1) is 11.7 Å². The van der Waals surface area contributed by atoms with Gasteiger partial charge in [0.2, 0.25) is 0 Å². The van der Waals surface area contributed by atoms with E-state index in [9.17, 15) is 18.7 Å². The molecule has 2 aromatic rings. The Kier molecular flexibility index (Phi) is 5.71. The molecule has 7 heteroatoms. The molecule has 3 rings (SSSR count). The first kappa shape index (κ1) is 21.7. The van der Waals surface area contributed by atoms with E-state index < -0.39 is 41.8 Å². The molecule has 0 aliphatic carbocycles. The number of carbonyl (C=O) groups excluding carboxylic acids is 1. The Morgan fingerprint density at radius 2 is 1.93 bits per heavy atom. The van der Waals surface area contributed by atoms with Gasteiger partial charge in [-0.25, -0.2) is 13.2 Å². The normalized spacial score (nSPS) is 21.4. The van der Waals surface area contributed by atoms with Gasteiger partial charge in [0.1, 0.15) is 11.4 Å². The van der Waals surface area contributed by atoms with Crippen LogP contribution in [0.5, 0.6) is 0 Å². The summed E-state index contributed by atoms with van der Waals surface area (Å²) in [5, 5.41) is 10.5. The Bertz CT molecular complexity index is 927. The summed E-state index contributed by atoms with van der Waals surface area (Å²) in [6, 6.07) is 10.5. The van der Waals surface area contributed by atoms with Crippen molar-refractivity contribution < 1.29 is 23.1 Å². The first-order chi connectivity index (χ1) is 13.4. The van der Waals surface area contributed by atoms with E-state index in [2.05, 4.69) is 0 Å². The average molecular weight is 426 g/mol. The summed E-state index contributed by atoms with van der Waals surface area (Å²) >= 11 is 6.00. The molecule has 156 valence electrons. The molecule has 1 heterocycles. The maximum atomic E-state index is 15.2. The zero-order valence-electron chi connectivity index (χ0n) is 16.4. The number of aliphatic hydroxyl groups is 1. The summed E-state index contributed by atoms with van der Waals surface area (Å²) in [5.74, 6) is -5.62. The van der Waals surface area contributed by atoms with E-state index in [0.717, 1.165) is 4.90 Å². The second-order valence-corrected chi connectivity index (χ2v) is 8.54. The number of hydrogen-bond acceptors (Lipinski definition) is 2. The lowest BCUT2D eigenvalue weighted by molar-refractivity contribution is -0.149. The van der Waals surface area contributed by atoms with Crippen LogP contribution < -0.4 is 0 Å². The number of rotatable bonds is 4. The molecule has 1 amide bonds. The number of nitrogens with zero attached hydrogens (tertiary/aromatic N) is 1. The van der Waals surface area contributed by atoms with Crippen molar-refractivity contribution in [2.75, 3.05) is 6.54 Å². The lowest BCUT2D eigenvalue weighted by atomic mass is 9.91. The van der Waals surface area contributed by atoms with Gasteiger partial charge in [0.15, 0.2) is 0 Å². The minimum absolute atomic E-state index is 0.0845. The molecule has 0 radical (unpaired) electrons. The molecule has 3 nitrogen and oxygen atoms in total. The smallest absolute Gasteiger partial charge is 0.269 e. The molecule has 0 spiro atoms. The van der Waals surface area contributed by atoms with E-state index in [0.29, 0.717) is 16.1 Å². The molecule has 0 saturated carbocycles. The Labute approximate surface area is 173 Å².